The lowest BCUT2D eigenvalue weighted by Gasteiger charge is -2.35. The van der Waals surface area contributed by atoms with Crippen LogP contribution < -0.4 is 9.80 Å². The van der Waals surface area contributed by atoms with Crippen LogP contribution in [-0.2, 0) is 21.7 Å². The Balaban J connectivity index is 1.54. The van der Waals surface area contributed by atoms with Crippen LogP contribution in [0, 0.1) is 13.8 Å². The molecule has 0 N–H and O–H groups in total. The van der Waals surface area contributed by atoms with E-state index in [1.165, 1.54) is 6.26 Å². The number of rotatable bonds is 5. The molecule has 0 bridgehead atoms. The van der Waals surface area contributed by atoms with Gasteiger partial charge in [-0.2, -0.15) is 14.7 Å². The van der Waals surface area contributed by atoms with Crippen molar-refractivity contribution in [1.29, 1.82) is 0 Å². The van der Waals surface area contributed by atoms with Gasteiger partial charge in [-0.05, 0) is 43.7 Å². The third-order valence-electron chi connectivity index (χ3n) is 8.08. The van der Waals surface area contributed by atoms with Gasteiger partial charge in [0.2, 0.25) is 5.91 Å². The zero-order valence-electron chi connectivity index (χ0n) is 24.7. The highest BCUT2D eigenvalue weighted by Crippen LogP contribution is 2.36. The van der Waals surface area contributed by atoms with Gasteiger partial charge in [0.15, 0.2) is 15.5 Å². The molecule has 42 heavy (non-hydrogen) atoms. The number of piperazine rings is 1. The number of carbonyl (C=O) groups excluding carboxylic acids is 1. The Bertz CT molecular complexity index is 1970. The SMILES string of the molecule is CC(=O)N1CCN(c2cc(N(C)c3cccc(S(C)(=O)=O)c3)n3nc(C)c(-c4ccc5c(C)nn(C)c5c4)c3n2)CC1. The Morgan fingerprint density at radius 1 is 0.952 bits per heavy atom. The summed E-state index contributed by atoms with van der Waals surface area (Å²) in [5, 5.41) is 10.6. The highest BCUT2D eigenvalue weighted by molar-refractivity contribution is 7.90. The first-order chi connectivity index (χ1) is 19.9. The van der Waals surface area contributed by atoms with Crippen LogP contribution in [0.5, 0.6) is 0 Å². The van der Waals surface area contributed by atoms with Crippen molar-refractivity contribution < 1.29 is 13.2 Å². The molecule has 5 aromatic rings. The molecular weight excluding hydrogens is 552 g/mol. The van der Waals surface area contributed by atoms with E-state index in [0.29, 0.717) is 37.5 Å². The Hall–Kier alpha value is -4.45. The largest absolute Gasteiger partial charge is 0.353 e. The van der Waals surface area contributed by atoms with Gasteiger partial charge >= 0.3 is 0 Å². The zero-order chi connectivity index (χ0) is 29.9. The molecule has 0 unspecified atom stereocenters. The van der Waals surface area contributed by atoms with Crippen LogP contribution in [-0.4, -0.2) is 83.1 Å². The minimum atomic E-state index is -3.39. The fraction of sp³-hybridized carbons (Fsp3) is 0.333. The molecular formula is C30H34N8O3S. The number of nitrogens with zero attached hydrogens (tertiary/aromatic N) is 8. The molecule has 0 spiro atoms. The Labute approximate surface area is 244 Å². The van der Waals surface area contributed by atoms with Gasteiger partial charge < -0.3 is 14.7 Å². The monoisotopic (exact) mass is 586 g/mol. The minimum absolute atomic E-state index is 0.0683. The van der Waals surface area contributed by atoms with Gasteiger partial charge in [-0.15, -0.1) is 0 Å². The van der Waals surface area contributed by atoms with Crippen LogP contribution >= 0.6 is 0 Å². The molecule has 12 heteroatoms. The van der Waals surface area contributed by atoms with Crippen LogP contribution in [0.4, 0.5) is 17.3 Å². The lowest BCUT2D eigenvalue weighted by Crippen LogP contribution is -2.48. The van der Waals surface area contributed by atoms with E-state index in [0.717, 1.165) is 45.1 Å². The van der Waals surface area contributed by atoms with Gasteiger partial charge in [-0.3, -0.25) is 9.48 Å². The fourth-order valence-electron chi connectivity index (χ4n) is 5.73. The standard InChI is InChI=1S/C30H34N8O3S/c1-19-25-11-10-22(16-26(25)35(5)32-19)29-20(2)33-38-28(34(4)23-8-7-9-24(17-23)42(6,40)41)18-27(31-30(29)38)37-14-12-36(13-15-37)21(3)39/h7-11,16-18H,12-15H2,1-6H3. The van der Waals surface area contributed by atoms with Crippen LogP contribution in [0.15, 0.2) is 53.4 Å². The van der Waals surface area contributed by atoms with Gasteiger partial charge in [-0.1, -0.05) is 18.2 Å². The first kappa shape index (κ1) is 27.7. The second kappa shape index (κ2) is 10.1. The molecule has 1 saturated heterocycles. The van der Waals surface area contributed by atoms with Crippen molar-refractivity contribution in [1.82, 2.24) is 29.3 Å². The molecule has 1 amide bonds. The number of aromatic nitrogens is 5. The Kier molecular flexibility index (Phi) is 6.68. The number of aryl methyl sites for hydroxylation is 3. The number of carbonyl (C=O) groups is 1. The van der Waals surface area contributed by atoms with E-state index < -0.39 is 9.84 Å². The van der Waals surface area contributed by atoms with Crippen molar-refractivity contribution in [2.45, 2.75) is 25.7 Å². The van der Waals surface area contributed by atoms with E-state index in [9.17, 15) is 13.2 Å². The lowest BCUT2D eigenvalue weighted by molar-refractivity contribution is -0.129. The number of benzene rings is 2. The summed E-state index contributed by atoms with van der Waals surface area (Å²) in [5.74, 6) is 1.57. The summed E-state index contributed by atoms with van der Waals surface area (Å²) < 4.78 is 28.4. The van der Waals surface area contributed by atoms with Crippen molar-refractivity contribution >= 4 is 49.6 Å². The third kappa shape index (κ3) is 4.75. The first-order valence-electron chi connectivity index (χ1n) is 13.8. The smallest absolute Gasteiger partial charge is 0.219 e. The second-order valence-electron chi connectivity index (χ2n) is 10.9. The molecule has 3 aromatic heterocycles. The lowest BCUT2D eigenvalue weighted by atomic mass is 10.0. The molecule has 1 aliphatic heterocycles. The molecule has 2 aromatic carbocycles. The topological polar surface area (TPSA) is 109 Å². The summed E-state index contributed by atoms with van der Waals surface area (Å²) in [4.78, 5) is 23.3. The normalized spacial score (nSPS) is 14.2. The third-order valence-corrected chi connectivity index (χ3v) is 9.19. The van der Waals surface area contributed by atoms with E-state index >= 15 is 0 Å². The van der Waals surface area contributed by atoms with Crippen molar-refractivity contribution in [3.05, 3.63) is 59.9 Å². The first-order valence-corrected chi connectivity index (χ1v) is 15.7. The molecule has 0 atom stereocenters. The van der Waals surface area contributed by atoms with Gasteiger partial charge in [0.05, 0.1) is 21.8 Å². The predicted octanol–water partition coefficient (Wildman–Crippen LogP) is 3.74. The summed E-state index contributed by atoms with van der Waals surface area (Å²) in [5.41, 5.74) is 6.11. The summed E-state index contributed by atoms with van der Waals surface area (Å²) in [7, 11) is 0.450. The van der Waals surface area contributed by atoms with Crippen LogP contribution in [0.3, 0.4) is 0 Å². The molecule has 218 valence electrons. The molecule has 0 saturated carbocycles. The zero-order valence-corrected chi connectivity index (χ0v) is 25.5. The van der Waals surface area contributed by atoms with Crippen molar-refractivity contribution in [3.63, 3.8) is 0 Å². The van der Waals surface area contributed by atoms with Crippen LogP contribution in [0.25, 0.3) is 27.7 Å². The number of anilines is 3. The fourth-order valence-corrected chi connectivity index (χ4v) is 6.39. The summed E-state index contributed by atoms with van der Waals surface area (Å²) in [6, 6.07) is 15.2. The van der Waals surface area contributed by atoms with Gasteiger partial charge in [0.25, 0.3) is 0 Å². The maximum absolute atomic E-state index is 12.3. The average Bonchev–Trinajstić information content (AvgIpc) is 3.45. The number of amides is 1. The number of hydrogen-bond acceptors (Lipinski definition) is 8. The number of fused-ring (bicyclic) bond motifs is 2. The molecule has 11 nitrogen and oxygen atoms in total. The van der Waals surface area contributed by atoms with E-state index in [2.05, 4.69) is 28.2 Å². The molecule has 4 heterocycles. The summed E-state index contributed by atoms with van der Waals surface area (Å²) in [6.07, 6.45) is 1.21. The summed E-state index contributed by atoms with van der Waals surface area (Å²) >= 11 is 0. The van der Waals surface area contributed by atoms with Crippen LogP contribution in [0.1, 0.15) is 18.3 Å². The van der Waals surface area contributed by atoms with E-state index in [4.69, 9.17) is 10.1 Å². The molecule has 1 aliphatic rings. The number of sulfone groups is 1. The highest BCUT2D eigenvalue weighted by atomic mass is 32.2. The molecule has 0 aliphatic carbocycles. The second-order valence-corrected chi connectivity index (χ2v) is 12.9. The quantitative estimate of drug-likeness (QED) is 0.307. The van der Waals surface area contributed by atoms with E-state index in [1.54, 1.807) is 25.1 Å². The molecule has 0 radical (unpaired) electrons. The van der Waals surface area contributed by atoms with Crippen molar-refractivity contribution in [3.8, 4) is 11.1 Å². The maximum Gasteiger partial charge on any atom is 0.219 e. The Morgan fingerprint density at radius 2 is 1.69 bits per heavy atom. The highest BCUT2D eigenvalue weighted by Gasteiger charge is 2.25. The minimum Gasteiger partial charge on any atom is -0.353 e. The molecule has 1 fully saturated rings. The molecule has 6 rings (SSSR count). The van der Waals surface area contributed by atoms with Gasteiger partial charge in [0.1, 0.15) is 11.6 Å². The number of hydrogen-bond donors (Lipinski definition) is 0. The van der Waals surface area contributed by atoms with Gasteiger partial charge in [0, 0.05) is 76.2 Å². The van der Waals surface area contributed by atoms with Gasteiger partial charge in [-0.25, -0.2) is 13.4 Å². The predicted molar refractivity (Wildman–Crippen MR) is 164 cm³/mol. The Morgan fingerprint density at radius 3 is 2.38 bits per heavy atom. The summed E-state index contributed by atoms with van der Waals surface area (Å²) in [6.45, 7) is 8.11. The average molecular weight is 587 g/mol. The van der Waals surface area contributed by atoms with Crippen molar-refractivity contribution in [2.75, 3.05) is 49.3 Å². The maximum atomic E-state index is 12.3. The van der Waals surface area contributed by atoms with Crippen molar-refractivity contribution in [2.24, 2.45) is 7.05 Å². The van der Waals surface area contributed by atoms with E-state index in [1.807, 2.05) is 59.1 Å². The van der Waals surface area contributed by atoms with E-state index in [-0.39, 0.29) is 10.8 Å². The van der Waals surface area contributed by atoms with Crippen LogP contribution in [0.2, 0.25) is 0 Å².